The molecule has 1 aromatic heterocycles. The van der Waals surface area contributed by atoms with Gasteiger partial charge in [0.1, 0.15) is 0 Å². The first kappa shape index (κ1) is 19.5. The van der Waals surface area contributed by atoms with Crippen LogP contribution < -0.4 is 5.43 Å². The lowest BCUT2D eigenvalue weighted by Gasteiger charge is -2.50. The molecule has 5 rings (SSSR count). The van der Waals surface area contributed by atoms with Gasteiger partial charge in [0.05, 0.1) is 18.3 Å². The molecule has 0 radical (unpaired) electrons. The number of aromatic nitrogens is 2. The van der Waals surface area contributed by atoms with E-state index < -0.39 is 11.2 Å². The van der Waals surface area contributed by atoms with Crippen molar-refractivity contribution >= 4 is 5.91 Å². The van der Waals surface area contributed by atoms with E-state index in [0.29, 0.717) is 0 Å². The first-order valence-corrected chi connectivity index (χ1v) is 10.8. The van der Waals surface area contributed by atoms with Gasteiger partial charge in [-0.05, 0) is 37.3 Å². The van der Waals surface area contributed by atoms with Gasteiger partial charge in [0.25, 0.3) is 5.91 Å². The van der Waals surface area contributed by atoms with Crippen LogP contribution >= 0.6 is 0 Å². The van der Waals surface area contributed by atoms with Gasteiger partial charge < -0.3 is 10.0 Å². The number of hydrogen-bond donors (Lipinski definition) is 1. The second kappa shape index (κ2) is 7.69. The molecule has 1 saturated heterocycles. The lowest BCUT2D eigenvalue weighted by atomic mass is 9.77. The first-order chi connectivity index (χ1) is 15.1. The second-order valence-electron chi connectivity index (χ2n) is 8.50. The standard InChI is InChI=1S/C25H25N3O3/c1-16-9-8-14-19-22(28-23(25(31)27(16)19)24(30)20(29)15-26-28)21(17-10-4-2-5-11-17)18-12-6-3-7-13-18/h2-7,10-13,15-16,19,21-22,30H,8-9,14H2,1H3. The third-order valence-corrected chi connectivity index (χ3v) is 6.71. The Labute approximate surface area is 180 Å². The van der Waals surface area contributed by atoms with Gasteiger partial charge in [-0.3, -0.25) is 14.3 Å². The topological polar surface area (TPSA) is 75.4 Å². The van der Waals surface area contributed by atoms with Crippen molar-refractivity contribution in [3.05, 3.63) is 93.9 Å². The Morgan fingerprint density at radius 1 is 0.968 bits per heavy atom. The second-order valence-corrected chi connectivity index (χ2v) is 8.50. The SMILES string of the molecule is CC1CCCC2C(C(c3ccccc3)c3ccccc3)n3ncc(=O)c(O)c3C(=O)N12. The molecule has 6 nitrogen and oxygen atoms in total. The van der Waals surface area contributed by atoms with E-state index in [2.05, 4.69) is 29.4 Å². The van der Waals surface area contributed by atoms with Gasteiger partial charge in [-0.2, -0.15) is 5.10 Å². The quantitative estimate of drug-likeness (QED) is 0.707. The van der Waals surface area contributed by atoms with Crippen molar-refractivity contribution in [2.75, 3.05) is 0 Å². The fraction of sp³-hybridized carbons (Fsp3) is 0.320. The van der Waals surface area contributed by atoms with Crippen LogP contribution in [-0.4, -0.2) is 37.8 Å². The molecule has 1 fully saturated rings. The summed E-state index contributed by atoms with van der Waals surface area (Å²) in [4.78, 5) is 27.5. The molecule has 2 aliphatic rings. The Kier molecular flexibility index (Phi) is 4.85. The van der Waals surface area contributed by atoms with Crippen molar-refractivity contribution in [1.82, 2.24) is 14.7 Å². The summed E-state index contributed by atoms with van der Waals surface area (Å²) >= 11 is 0. The Bertz CT molecular complexity index is 1120. The maximum absolute atomic E-state index is 13.4. The number of hydrogen-bond acceptors (Lipinski definition) is 4. The van der Waals surface area contributed by atoms with Crippen molar-refractivity contribution in [1.29, 1.82) is 0 Å². The maximum atomic E-state index is 13.4. The lowest BCUT2D eigenvalue weighted by Crippen LogP contribution is -2.58. The van der Waals surface area contributed by atoms with Gasteiger partial charge in [-0.25, -0.2) is 0 Å². The molecule has 3 unspecified atom stereocenters. The largest absolute Gasteiger partial charge is 0.502 e. The Hall–Kier alpha value is -3.41. The minimum absolute atomic E-state index is 0.000591. The number of piperidine rings is 1. The first-order valence-electron chi connectivity index (χ1n) is 10.8. The van der Waals surface area contributed by atoms with E-state index in [0.717, 1.165) is 36.6 Å². The predicted molar refractivity (Wildman–Crippen MR) is 117 cm³/mol. The summed E-state index contributed by atoms with van der Waals surface area (Å²) in [5, 5.41) is 15.0. The van der Waals surface area contributed by atoms with E-state index in [1.165, 1.54) is 0 Å². The van der Waals surface area contributed by atoms with E-state index >= 15 is 0 Å². The lowest BCUT2D eigenvalue weighted by molar-refractivity contribution is 0.0185. The van der Waals surface area contributed by atoms with Gasteiger partial charge in [-0.1, -0.05) is 60.7 Å². The number of benzene rings is 2. The molecule has 31 heavy (non-hydrogen) atoms. The maximum Gasteiger partial charge on any atom is 0.276 e. The molecule has 0 bridgehead atoms. The third kappa shape index (κ3) is 3.14. The predicted octanol–water partition coefficient (Wildman–Crippen LogP) is 3.72. The van der Waals surface area contributed by atoms with Crippen molar-refractivity contribution < 1.29 is 9.90 Å². The number of carbonyl (C=O) groups is 1. The number of fused-ring (bicyclic) bond motifs is 2. The molecule has 0 saturated carbocycles. The van der Waals surface area contributed by atoms with Gasteiger partial charge in [-0.15, -0.1) is 0 Å². The molecular formula is C25H25N3O3. The normalized spacial score (nSPS) is 22.8. The zero-order valence-electron chi connectivity index (χ0n) is 17.4. The Morgan fingerprint density at radius 3 is 2.19 bits per heavy atom. The monoisotopic (exact) mass is 415 g/mol. The minimum atomic E-state index is -0.627. The highest BCUT2D eigenvalue weighted by atomic mass is 16.3. The van der Waals surface area contributed by atoms with Crippen LogP contribution in [0.1, 0.15) is 59.8 Å². The summed E-state index contributed by atoms with van der Waals surface area (Å²) < 4.78 is 1.61. The van der Waals surface area contributed by atoms with Crippen LogP contribution in [0.3, 0.4) is 0 Å². The zero-order chi connectivity index (χ0) is 21.5. The molecule has 1 amide bonds. The van der Waals surface area contributed by atoms with Crippen molar-refractivity contribution in [2.45, 2.75) is 50.2 Å². The van der Waals surface area contributed by atoms with Crippen LogP contribution in [-0.2, 0) is 0 Å². The molecule has 3 heterocycles. The summed E-state index contributed by atoms with van der Waals surface area (Å²) in [5.74, 6) is -0.918. The number of nitrogens with zero attached hydrogens (tertiary/aromatic N) is 3. The third-order valence-electron chi connectivity index (χ3n) is 6.71. The van der Waals surface area contributed by atoms with Crippen LogP contribution in [0.5, 0.6) is 5.75 Å². The van der Waals surface area contributed by atoms with Gasteiger partial charge in [0.2, 0.25) is 5.43 Å². The molecule has 2 aromatic carbocycles. The molecule has 1 N–H and O–H groups in total. The summed E-state index contributed by atoms with van der Waals surface area (Å²) in [5.41, 5.74) is 1.59. The van der Waals surface area contributed by atoms with E-state index in [4.69, 9.17) is 0 Å². The fourth-order valence-electron chi connectivity index (χ4n) is 5.35. The molecule has 2 aliphatic heterocycles. The average Bonchev–Trinajstić information content (AvgIpc) is 2.79. The van der Waals surface area contributed by atoms with Crippen molar-refractivity contribution in [3.8, 4) is 5.75 Å². The average molecular weight is 415 g/mol. The molecule has 0 spiro atoms. The molecular weight excluding hydrogens is 390 g/mol. The summed E-state index contributed by atoms with van der Waals surface area (Å²) in [7, 11) is 0. The van der Waals surface area contributed by atoms with Gasteiger partial charge in [0, 0.05) is 12.0 Å². The molecule has 3 atom stereocenters. The van der Waals surface area contributed by atoms with Crippen LogP contribution in [0.4, 0.5) is 0 Å². The highest BCUT2D eigenvalue weighted by Crippen LogP contribution is 2.46. The summed E-state index contributed by atoms with van der Waals surface area (Å²) in [6, 6.07) is 20.1. The van der Waals surface area contributed by atoms with E-state index in [1.807, 2.05) is 48.2 Å². The van der Waals surface area contributed by atoms with Crippen LogP contribution in [0, 0.1) is 0 Å². The zero-order valence-corrected chi connectivity index (χ0v) is 17.4. The molecule has 0 aliphatic carbocycles. The number of carbonyl (C=O) groups excluding carboxylic acids is 1. The Morgan fingerprint density at radius 2 is 1.58 bits per heavy atom. The smallest absolute Gasteiger partial charge is 0.276 e. The van der Waals surface area contributed by atoms with E-state index in [9.17, 15) is 14.7 Å². The Balaban J connectivity index is 1.79. The van der Waals surface area contributed by atoms with Crippen molar-refractivity contribution in [2.24, 2.45) is 0 Å². The number of aromatic hydroxyl groups is 1. The van der Waals surface area contributed by atoms with E-state index in [-0.39, 0.29) is 35.6 Å². The van der Waals surface area contributed by atoms with Gasteiger partial charge >= 0.3 is 0 Å². The number of rotatable bonds is 3. The van der Waals surface area contributed by atoms with Crippen LogP contribution in [0.15, 0.2) is 71.7 Å². The summed E-state index contributed by atoms with van der Waals surface area (Å²) in [6.07, 6.45) is 3.89. The van der Waals surface area contributed by atoms with E-state index in [1.54, 1.807) is 4.68 Å². The molecule has 3 aromatic rings. The van der Waals surface area contributed by atoms with Crippen LogP contribution in [0.25, 0.3) is 0 Å². The molecule has 6 heteroatoms. The number of amides is 1. The van der Waals surface area contributed by atoms with Crippen LogP contribution in [0.2, 0.25) is 0 Å². The fourth-order valence-corrected chi connectivity index (χ4v) is 5.35. The highest BCUT2D eigenvalue weighted by Gasteiger charge is 2.48. The minimum Gasteiger partial charge on any atom is -0.502 e. The van der Waals surface area contributed by atoms with Crippen molar-refractivity contribution in [3.63, 3.8) is 0 Å². The van der Waals surface area contributed by atoms with Gasteiger partial charge in [0.15, 0.2) is 11.4 Å². The molecule has 158 valence electrons. The summed E-state index contributed by atoms with van der Waals surface area (Å²) in [6.45, 7) is 2.04. The highest BCUT2D eigenvalue weighted by molar-refractivity contribution is 5.96.